The average molecular weight is 459 g/mol. The summed E-state index contributed by atoms with van der Waals surface area (Å²) in [6.07, 6.45) is 3.39. The lowest BCUT2D eigenvalue weighted by atomic mass is 9.86. The van der Waals surface area contributed by atoms with Crippen molar-refractivity contribution in [1.82, 2.24) is 14.9 Å². The van der Waals surface area contributed by atoms with E-state index in [9.17, 15) is 9.90 Å². The second kappa shape index (κ2) is 8.73. The molecule has 166 valence electrons. The van der Waals surface area contributed by atoms with E-state index in [0.717, 1.165) is 21.5 Å². The number of amides is 1. The molecule has 0 aliphatic carbocycles. The van der Waals surface area contributed by atoms with E-state index in [1.54, 1.807) is 41.6 Å². The average Bonchev–Trinajstić information content (AvgIpc) is 2.85. The Labute approximate surface area is 195 Å². The highest BCUT2D eigenvalue weighted by atomic mass is 32.2. The molecule has 8 heteroatoms. The number of ether oxygens (including phenoxy) is 1. The van der Waals surface area contributed by atoms with E-state index in [0.29, 0.717) is 17.0 Å². The van der Waals surface area contributed by atoms with Crippen molar-refractivity contribution in [2.75, 3.05) is 24.9 Å². The van der Waals surface area contributed by atoms with Gasteiger partial charge in [0.2, 0.25) is 5.88 Å². The summed E-state index contributed by atoms with van der Waals surface area (Å²) in [5.41, 5.74) is 1.83. The fourth-order valence-corrected chi connectivity index (χ4v) is 4.72. The van der Waals surface area contributed by atoms with Crippen LogP contribution >= 0.6 is 11.9 Å². The van der Waals surface area contributed by atoms with Crippen molar-refractivity contribution in [2.45, 2.75) is 10.5 Å². The van der Waals surface area contributed by atoms with Crippen molar-refractivity contribution in [2.24, 2.45) is 0 Å². The van der Waals surface area contributed by atoms with Gasteiger partial charge in [-0.05, 0) is 60.5 Å². The van der Waals surface area contributed by atoms with Gasteiger partial charge < -0.3 is 19.5 Å². The Bertz CT molecular complexity index is 1300. The van der Waals surface area contributed by atoms with Crippen molar-refractivity contribution in [3.63, 3.8) is 0 Å². The van der Waals surface area contributed by atoms with Crippen LogP contribution in [0.25, 0.3) is 10.9 Å². The predicted octanol–water partition coefficient (Wildman–Crippen LogP) is 4.10. The SMILES string of the molecule is COc1ncccc1C1(O)CN(C(=O)c2ccc(NSc3cccc4cccnc34)cc2)C1. The van der Waals surface area contributed by atoms with Gasteiger partial charge in [-0.1, -0.05) is 18.2 Å². The number of nitrogens with one attached hydrogen (secondary N) is 1. The maximum atomic E-state index is 12.9. The van der Waals surface area contributed by atoms with Crippen LogP contribution in [0.2, 0.25) is 0 Å². The zero-order valence-electron chi connectivity index (χ0n) is 17.9. The number of para-hydroxylation sites is 1. The summed E-state index contributed by atoms with van der Waals surface area (Å²) in [6, 6.07) is 20.9. The van der Waals surface area contributed by atoms with E-state index >= 15 is 0 Å². The molecule has 1 saturated heterocycles. The maximum absolute atomic E-state index is 12.9. The quantitative estimate of drug-likeness (QED) is 0.421. The number of likely N-dealkylation sites (tertiary alicyclic amines) is 1. The number of nitrogens with zero attached hydrogens (tertiary/aromatic N) is 3. The molecular formula is C25H22N4O3S. The topological polar surface area (TPSA) is 87.6 Å². The number of rotatable bonds is 6. The number of methoxy groups -OCH3 is 1. The molecule has 2 aromatic heterocycles. The minimum atomic E-state index is -1.15. The third-order valence-corrected chi connectivity index (χ3v) is 6.55. The van der Waals surface area contributed by atoms with Gasteiger partial charge in [-0.25, -0.2) is 4.98 Å². The number of pyridine rings is 2. The normalized spacial score (nSPS) is 14.5. The molecule has 2 aromatic carbocycles. The molecule has 0 atom stereocenters. The number of fused-ring (bicyclic) bond motifs is 1. The van der Waals surface area contributed by atoms with E-state index in [-0.39, 0.29) is 19.0 Å². The molecule has 4 aromatic rings. The molecule has 7 nitrogen and oxygen atoms in total. The Morgan fingerprint density at radius 3 is 2.55 bits per heavy atom. The molecule has 1 aliphatic rings. The number of carbonyl (C=O) groups is 1. The van der Waals surface area contributed by atoms with Crippen LogP contribution in [0.1, 0.15) is 15.9 Å². The number of carbonyl (C=O) groups excluding carboxylic acids is 1. The van der Waals surface area contributed by atoms with Gasteiger partial charge in [0.25, 0.3) is 5.91 Å². The van der Waals surface area contributed by atoms with Gasteiger partial charge in [-0.15, -0.1) is 0 Å². The lowest BCUT2D eigenvalue weighted by molar-refractivity contribution is -0.0877. The smallest absolute Gasteiger partial charge is 0.254 e. The molecule has 3 heterocycles. The summed E-state index contributed by atoms with van der Waals surface area (Å²) in [7, 11) is 1.52. The van der Waals surface area contributed by atoms with Crippen molar-refractivity contribution < 1.29 is 14.6 Å². The summed E-state index contributed by atoms with van der Waals surface area (Å²) in [4.78, 5) is 24.1. The van der Waals surface area contributed by atoms with E-state index in [2.05, 4.69) is 14.7 Å². The summed E-state index contributed by atoms with van der Waals surface area (Å²) in [6.45, 7) is 0.385. The van der Waals surface area contributed by atoms with Gasteiger partial charge >= 0.3 is 0 Å². The largest absolute Gasteiger partial charge is 0.481 e. The van der Waals surface area contributed by atoms with Crippen LogP contribution in [0.15, 0.2) is 84.0 Å². The molecule has 0 radical (unpaired) electrons. The van der Waals surface area contributed by atoms with Gasteiger partial charge in [0.1, 0.15) is 5.60 Å². The first-order valence-electron chi connectivity index (χ1n) is 10.5. The Morgan fingerprint density at radius 1 is 1.03 bits per heavy atom. The summed E-state index contributed by atoms with van der Waals surface area (Å²) >= 11 is 1.48. The van der Waals surface area contributed by atoms with Gasteiger partial charge in [0.15, 0.2) is 0 Å². The fourth-order valence-electron chi connectivity index (χ4n) is 3.94. The van der Waals surface area contributed by atoms with E-state index in [4.69, 9.17) is 4.74 Å². The highest BCUT2D eigenvalue weighted by Gasteiger charge is 2.47. The number of hydrogen-bond donors (Lipinski definition) is 2. The lowest BCUT2D eigenvalue weighted by Gasteiger charge is -2.46. The molecule has 5 rings (SSSR count). The second-order valence-electron chi connectivity index (χ2n) is 7.87. The van der Waals surface area contributed by atoms with Gasteiger partial charge in [-0.2, -0.15) is 0 Å². The number of anilines is 1. The monoisotopic (exact) mass is 458 g/mol. The van der Waals surface area contributed by atoms with Crippen molar-refractivity contribution >= 4 is 34.4 Å². The lowest BCUT2D eigenvalue weighted by Crippen LogP contribution is -2.61. The Morgan fingerprint density at radius 2 is 1.76 bits per heavy atom. The van der Waals surface area contributed by atoms with E-state index < -0.39 is 5.60 Å². The van der Waals surface area contributed by atoms with Crippen molar-refractivity contribution in [1.29, 1.82) is 0 Å². The zero-order chi connectivity index (χ0) is 22.8. The van der Waals surface area contributed by atoms with Crippen LogP contribution in [-0.4, -0.2) is 46.1 Å². The predicted molar refractivity (Wildman–Crippen MR) is 128 cm³/mol. The first-order chi connectivity index (χ1) is 16.1. The molecule has 1 fully saturated rings. The fraction of sp³-hybridized carbons (Fsp3) is 0.160. The van der Waals surface area contributed by atoms with Crippen LogP contribution < -0.4 is 9.46 Å². The van der Waals surface area contributed by atoms with E-state index in [1.165, 1.54) is 19.1 Å². The standard InChI is InChI=1S/C25H22N4O3S/c1-32-23-20(7-4-14-27-23)25(31)15-29(16-25)24(30)18-9-11-19(12-10-18)28-33-21-8-2-5-17-6-3-13-26-22(17)21/h2-14,28,31H,15-16H2,1H3. The molecule has 0 bridgehead atoms. The Balaban J connectivity index is 1.22. The van der Waals surface area contributed by atoms with Crippen molar-refractivity contribution in [3.05, 3.63) is 90.3 Å². The van der Waals surface area contributed by atoms with E-state index in [1.807, 2.05) is 42.5 Å². The molecule has 33 heavy (non-hydrogen) atoms. The number of hydrogen-bond acceptors (Lipinski definition) is 7. The van der Waals surface area contributed by atoms with Crippen molar-refractivity contribution in [3.8, 4) is 5.88 Å². The molecular weight excluding hydrogens is 436 g/mol. The number of β-amino-alcohol motifs (C(OH)–C–C–N with tert-alkyl or cyclic N) is 1. The third kappa shape index (κ3) is 4.10. The summed E-state index contributed by atoms with van der Waals surface area (Å²) < 4.78 is 8.57. The molecule has 0 unspecified atom stereocenters. The van der Waals surface area contributed by atoms with Gasteiger partial charge in [0.05, 0.1) is 30.6 Å². The molecule has 0 saturated carbocycles. The number of aliphatic hydroxyl groups is 1. The van der Waals surface area contributed by atoms with Crippen LogP contribution in [-0.2, 0) is 5.60 Å². The second-order valence-corrected chi connectivity index (χ2v) is 8.71. The minimum Gasteiger partial charge on any atom is -0.481 e. The molecule has 0 spiro atoms. The summed E-state index contributed by atoms with van der Waals surface area (Å²) in [5, 5.41) is 12.0. The number of benzene rings is 2. The molecule has 1 amide bonds. The van der Waals surface area contributed by atoms with Gasteiger partial charge in [0, 0.05) is 34.6 Å². The molecule has 2 N–H and O–H groups in total. The highest BCUT2D eigenvalue weighted by Crippen LogP contribution is 2.37. The third-order valence-electron chi connectivity index (χ3n) is 5.66. The maximum Gasteiger partial charge on any atom is 0.254 e. The Kier molecular flexibility index (Phi) is 5.62. The Hall–Kier alpha value is -3.62. The van der Waals surface area contributed by atoms with Gasteiger partial charge in [-0.3, -0.25) is 9.78 Å². The first-order valence-corrected chi connectivity index (χ1v) is 11.3. The van der Waals surface area contributed by atoms with Crippen LogP contribution in [0.5, 0.6) is 5.88 Å². The first kappa shape index (κ1) is 21.2. The highest BCUT2D eigenvalue weighted by molar-refractivity contribution is 8.00. The summed E-state index contributed by atoms with van der Waals surface area (Å²) in [5.74, 6) is 0.251. The van der Waals surface area contributed by atoms with Crippen LogP contribution in [0.4, 0.5) is 5.69 Å². The van der Waals surface area contributed by atoms with Crippen LogP contribution in [0.3, 0.4) is 0 Å². The zero-order valence-corrected chi connectivity index (χ0v) is 18.7. The minimum absolute atomic E-state index is 0.125. The van der Waals surface area contributed by atoms with Crippen LogP contribution in [0, 0.1) is 0 Å². The number of aromatic nitrogens is 2. The molecule has 1 aliphatic heterocycles.